The molecule has 2 aromatic carbocycles. The molecule has 0 saturated heterocycles. The SMILES string of the molecule is CCc1ccc(OCC(=O)N/N=C\c2cc3c(cc2[N+](=O)[O-])OCO3)cc1. The molecule has 1 amide bonds. The van der Waals surface area contributed by atoms with Crippen molar-refractivity contribution in [1.29, 1.82) is 0 Å². The maximum atomic E-state index is 11.8. The van der Waals surface area contributed by atoms with E-state index in [9.17, 15) is 14.9 Å². The summed E-state index contributed by atoms with van der Waals surface area (Å²) >= 11 is 0. The summed E-state index contributed by atoms with van der Waals surface area (Å²) < 4.78 is 15.7. The molecule has 0 radical (unpaired) electrons. The van der Waals surface area contributed by atoms with Crippen LogP contribution < -0.4 is 19.6 Å². The Morgan fingerprint density at radius 3 is 2.67 bits per heavy atom. The van der Waals surface area contributed by atoms with Crippen LogP contribution in [0.2, 0.25) is 0 Å². The zero-order valence-electron chi connectivity index (χ0n) is 14.5. The molecule has 2 aromatic rings. The number of nitro groups is 1. The summed E-state index contributed by atoms with van der Waals surface area (Å²) in [5.41, 5.74) is 3.41. The molecule has 1 aliphatic rings. The molecule has 0 aliphatic carbocycles. The summed E-state index contributed by atoms with van der Waals surface area (Å²) in [7, 11) is 0. The van der Waals surface area contributed by atoms with Crippen LogP contribution in [0.4, 0.5) is 5.69 Å². The Labute approximate surface area is 154 Å². The van der Waals surface area contributed by atoms with E-state index >= 15 is 0 Å². The number of hydrazone groups is 1. The number of carbonyl (C=O) groups is 1. The van der Waals surface area contributed by atoms with Crippen molar-refractivity contribution in [2.75, 3.05) is 13.4 Å². The molecule has 9 heteroatoms. The lowest BCUT2D eigenvalue weighted by atomic mass is 10.1. The minimum atomic E-state index is -0.561. The summed E-state index contributed by atoms with van der Waals surface area (Å²) in [5.74, 6) is 0.754. The van der Waals surface area contributed by atoms with Crippen LogP contribution in [0.25, 0.3) is 0 Å². The molecule has 1 N–H and O–H groups in total. The van der Waals surface area contributed by atoms with Crippen molar-refractivity contribution in [3.63, 3.8) is 0 Å². The third kappa shape index (κ3) is 4.51. The first kappa shape index (κ1) is 18.2. The number of hydrogen-bond acceptors (Lipinski definition) is 7. The van der Waals surface area contributed by atoms with Gasteiger partial charge in [-0.1, -0.05) is 19.1 Å². The molecule has 0 saturated carbocycles. The van der Waals surface area contributed by atoms with Crippen molar-refractivity contribution in [1.82, 2.24) is 5.43 Å². The molecule has 3 rings (SSSR count). The molecule has 1 aliphatic heterocycles. The molecule has 0 aromatic heterocycles. The van der Waals surface area contributed by atoms with E-state index in [4.69, 9.17) is 14.2 Å². The van der Waals surface area contributed by atoms with E-state index < -0.39 is 10.8 Å². The van der Waals surface area contributed by atoms with Gasteiger partial charge in [-0.25, -0.2) is 5.43 Å². The van der Waals surface area contributed by atoms with Crippen molar-refractivity contribution in [2.45, 2.75) is 13.3 Å². The number of aryl methyl sites for hydroxylation is 1. The first-order valence-corrected chi connectivity index (χ1v) is 8.18. The lowest BCUT2D eigenvalue weighted by Gasteiger charge is -2.05. The number of ether oxygens (including phenoxy) is 3. The van der Waals surface area contributed by atoms with Crippen LogP contribution in [0.15, 0.2) is 41.5 Å². The molecule has 9 nitrogen and oxygen atoms in total. The van der Waals surface area contributed by atoms with Crippen molar-refractivity contribution in [2.24, 2.45) is 5.10 Å². The Kier molecular flexibility index (Phi) is 5.50. The standard InChI is InChI=1S/C18H17N3O6/c1-2-12-3-5-14(6-4-12)25-10-18(22)20-19-9-13-7-16-17(27-11-26-16)8-15(13)21(23)24/h3-9H,2,10-11H2,1H3,(H,20,22)/b19-9-. The second kappa shape index (κ2) is 8.17. The lowest BCUT2D eigenvalue weighted by Crippen LogP contribution is -2.24. The molecule has 140 valence electrons. The van der Waals surface area contributed by atoms with E-state index in [-0.39, 0.29) is 24.7 Å². The van der Waals surface area contributed by atoms with Gasteiger partial charge in [0.25, 0.3) is 11.6 Å². The summed E-state index contributed by atoms with van der Waals surface area (Å²) in [4.78, 5) is 22.4. The fourth-order valence-corrected chi connectivity index (χ4v) is 2.38. The van der Waals surface area contributed by atoms with Crippen LogP contribution in [-0.2, 0) is 11.2 Å². The third-order valence-electron chi connectivity index (χ3n) is 3.81. The fourth-order valence-electron chi connectivity index (χ4n) is 2.38. The van der Waals surface area contributed by atoms with Crippen molar-refractivity contribution < 1.29 is 23.9 Å². The van der Waals surface area contributed by atoms with E-state index in [0.29, 0.717) is 17.2 Å². The maximum absolute atomic E-state index is 11.8. The highest BCUT2D eigenvalue weighted by molar-refractivity contribution is 5.88. The highest BCUT2D eigenvalue weighted by Gasteiger charge is 2.22. The Hall–Kier alpha value is -3.62. The third-order valence-corrected chi connectivity index (χ3v) is 3.81. The number of benzene rings is 2. The molecule has 0 atom stereocenters. The number of amides is 1. The highest BCUT2D eigenvalue weighted by atomic mass is 16.7. The monoisotopic (exact) mass is 371 g/mol. The molecular formula is C18H17N3O6. The van der Waals surface area contributed by atoms with Gasteiger partial charge in [0.05, 0.1) is 22.8 Å². The second-order valence-electron chi connectivity index (χ2n) is 5.60. The van der Waals surface area contributed by atoms with Crippen LogP contribution in [0.1, 0.15) is 18.1 Å². The first-order valence-electron chi connectivity index (χ1n) is 8.18. The summed E-state index contributed by atoms with van der Waals surface area (Å²) in [5, 5.41) is 14.9. The molecule has 0 spiro atoms. The highest BCUT2D eigenvalue weighted by Crippen LogP contribution is 2.37. The Morgan fingerprint density at radius 1 is 1.30 bits per heavy atom. The average molecular weight is 371 g/mol. The molecular weight excluding hydrogens is 354 g/mol. The van der Waals surface area contributed by atoms with E-state index in [1.165, 1.54) is 23.9 Å². The van der Waals surface area contributed by atoms with E-state index in [2.05, 4.69) is 10.5 Å². The number of carbonyl (C=O) groups excluding carboxylic acids is 1. The Bertz CT molecular complexity index is 879. The maximum Gasteiger partial charge on any atom is 0.282 e. The Morgan fingerprint density at radius 2 is 2.00 bits per heavy atom. The van der Waals surface area contributed by atoms with Crippen LogP contribution in [-0.4, -0.2) is 30.4 Å². The van der Waals surface area contributed by atoms with Gasteiger partial charge in [0.1, 0.15) is 5.75 Å². The molecule has 0 unspecified atom stereocenters. The number of fused-ring (bicyclic) bond motifs is 1. The van der Waals surface area contributed by atoms with Crippen molar-refractivity contribution in [3.8, 4) is 17.2 Å². The zero-order chi connectivity index (χ0) is 19.2. The van der Waals surface area contributed by atoms with Crippen molar-refractivity contribution in [3.05, 3.63) is 57.6 Å². The average Bonchev–Trinajstić information content (AvgIpc) is 3.13. The van der Waals surface area contributed by atoms with Gasteiger partial charge in [-0.2, -0.15) is 5.10 Å². The van der Waals surface area contributed by atoms with Gasteiger partial charge >= 0.3 is 0 Å². The van der Waals surface area contributed by atoms with Gasteiger partial charge in [0, 0.05) is 0 Å². The predicted molar refractivity (Wildman–Crippen MR) is 96.3 cm³/mol. The van der Waals surface area contributed by atoms with E-state index in [0.717, 1.165) is 6.42 Å². The van der Waals surface area contributed by atoms with Crippen LogP contribution in [0.3, 0.4) is 0 Å². The largest absolute Gasteiger partial charge is 0.484 e. The molecule has 1 heterocycles. The van der Waals surface area contributed by atoms with Gasteiger partial charge in [0.15, 0.2) is 18.1 Å². The predicted octanol–water partition coefficient (Wildman–Crippen LogP) is 2.42. The Balaban J connectivity index is 1.58. The number of nitro benzene ring substituents is 1. The zero-order valence-corrected chi connectivity index (χ0v) is 14.5. The van der Waals surface area contributed by atoms with Crippen LogP contribution in [0.5, 0.6) is 17.2 Å². The number of rotatable bonds is 7. The van der Waals surface area contributed by atoms with E-state index in [1.807, 2.05) is 19.1 Å². The molecule has 0 bridgehead atoms. The summed E-state index contributed by atoms with van der Waals surface area (Å²) in [6, 6.07) is 10.1. The topological polar surface area (TPSA) is 112 Å². The van der Waals surface area contributed by atoms with Gasteiger partial charge < -0.3 is 14.2 Å². The summed E-state index contributed by atoms with van der Waals surface area (Å²) in [6.07, 6.45) is 2.09. The van der Waals surface area contributed by atoms with Crippen molar-refractivity contribution >= 4 is 17.8 Å². The second-order valence-corrected chi connectivity index (χ2v) is 5.60. The minimum Gasteiger partial charge on any atom is -0.484 e. The number of hydrogen-bond donors (Lipinski definition) is 1. The van der Waals surface area contributed by atoms with Crippen LogP contribution in [0, 0.1) is 10.1 Å². The number of nitrogens with one attached hydrogen (secondary N) is 1. The fraction of sp³-hybridized carbons (Fsp3) is 0.222. The van der Waals surface area contributed by atoms with Gasteiger partial charge in [-0.05, 0) is 30.2 Å². The minimum absolute atomic E-state index is 0.000391. The first-order chi connectivity index (χ1) is 13.1. The molecule has 0 fully saturated rings. The number of nitrogens with zero attached hydrogens (tertiary/aromatic N) is 2. The van der Waals surface area contributed by atoms with Gasteiger partial charge in [-0.3, -0.25) is 14.9 Å². The molecule has 27 heavy (non-hydrogen) atoms. The smallest absolute Gasteiger partial charge is 0.282 e. The normalized spacial score (nSPS) is 12.2. The lowest BCUT2D eigenvalue weighted by molar-refractivity contribution is -0.385. The summed E-state index contributed by atoms with van der Waals surface area (Å²) in [6.45, 7) is 1.82. The quantitative estimate of drug-likeness (QED) is 0.454. The van der Waals surface area contributed by atoms with Crippen LogP contribution >= 0.6 is 0 Å². The van der Waals surface area contributed by atoms with Gasteiger partial charge in [0.2, 0.25) is 6.79 Å². The van der Waals surface area contributed by atoms with E-state index in [1.54, 1.807) is 12.1 Å². The van der Waals surface area contributed by atoms with Gasteiger partial charge in [-0.15, -0.1) is 0 Å².